The zero-order chi connectivity index (χ0) is 29.4. The molecule has 0 N–H and O–H groups in total. The van der Waals surface area contributed by atoms with E-state index in [4.69, 9.17) is 4.74 Å². The summed E-state index contributed by atoms with van der Waals surface area (Å²) in [6, 6.07) is 62.0. The first-order valence-corrected chi connectivity index (χ1v) is 14.7. The van der Waals surface area contributed by atoms with Gasteiger partial charge in [-0.2, -0.15) is 0 Å². The summed E-state index contributed by atoms with van der Waals surface area (Å²) in [5, 5.41) is 0. The maximum absolute atomic E-state index is 5.69. The summed E-state index contributed by atoms with van der Waals surface area (Å²) in [4.78, 5) is 0. The number of hydrogen-bond acceptors (Lipinski definition) is 1. The molecule has 1 aliphatic heterocycles. The molecule has 7 rings (SSSR count). The lowest BCUT2D eigenvalue weighted by atomic mass is 10.0. The number of benzene rings is 6. The Labute approximate surface area is 256 Å². The molecule has 210 valence electrons. The van der Waals surface area contributed by atoms with E-state index >= 15 is 0 Å². The molecule has 1 nitrogen and oxygen atoms in total. The average molecular weight is 557 g/mol. The first kappa shape index (κ1) is 29.3. The quantitative estimate of drug-likeness (QED) is 0.147. The molecule has 1 aliphatic rings. The molecule has 1 saturated heterocycles. The minimum absolute atomic E-state index is 0.258. The van der Waals surface area contributed by atoms with Crippen LogP contribution in [0.2, 0.25) is 0 Å². The maximum Gasteiger partial charge on any atom is 0.114 e. The van der Waals surface area contributed by atoms with Gasteiger partial charge in [0, 0.05) is 0 Å². The van der Waals surface area contributed by atoms with Gasteiger partial charge in [0.25, 0.3) is 0 Å². The molecule has 1 heterocycles. The van der Waals surface area contributed by atoms with Crippen molar-refractivity contribution in [2.75, 3.05) is 0 Å². The molecule has 6 aromatic carbocycles. The second-order valence-electron chi connectivity index (χ2n) is 10.1. The third kappa shape index (κ3) is 9.97. The summed E-state index contributed by atoms with van der Waals surface area (Å²) in [6.45, 7) is 0. The summed E-state index contributed by atoms with van der Waals surface area (Å²) >= 11 is 0. The Hall–Kier alpha value is -5.24. The van der Waals surface area contributed by atoms with Crippen molar-refractivity contribution in [2.45, 2.75) is 12.2 Å². The van der Waals surface area contributed by atoms with Crippen LogP contribution in [0, 0.1) is 0 Å². The highest BCUT2D eigenvalue weighted by Crippen LogP contribution is 2.50. The van der Waals surface area contributed by atoms with E-state index in [0.29, 0.717) is 0 Å². The van der Waals surface area contributed by atoms with Crippen LogP contribution in [-0.4, -0.2) is 0 Å². The first-order chi connectivity index (χ1) is 21.3. The van der Waals surface area contributed by atoms with Gasteiger partial charge in [-0.15, -0.1) is 0 Å². The van der Waals surface area contributed by atoms with Crippen LogP contribution >= 0.6 is 0 Å². The number of hydrogen-bond donors (Lipinski definition) is 0. The topological polar surface area (TPSA) is 12.5 Å². The van der Waals surface area contributed by atoms with Crippen LogP contribution in [0.3, 0.4) is 0 Å². The second-order valence-corrected chi connectivity index (χ2v) is 10.1. The summed E-state index contributed by atoms with van der Waals surface area (Å²) in [5.41, 5.74) is 7.47. The summed E-state index contributed by atoms with van der Waals surface area (Å²) in [5.74, 6) is 0. The fourth-order valence-electron chi connectivity index (χ4n) is 4.55. The van der Waals surface area contributed by atoms with Crippen molar-refractivity contribution in [3.05, 3.63) is 215 Å². The first-order valence-electron chi connectivity index (χ1n) is 14.7. The standard InChI is InChI=1S/C14H12O.2C14H12/c1-3-7-11(8-4-1)13-14(15-13)12-9-5-2-6-10-12;2*1-3-7-13(8-4-1)11-12-14-9-5-2-6-10-14/h1-10,13-14H;2*1-12H/b;2*12-11+/t13-,14-;;/m1../s1. The van der Waals surface area contributed by atoms with Crippen LogP contribution in [-0.2, 0) is 4.74 Å². The Balaban J connectivity index is 0.000000129. The number of rotatable bonds is 6. The van der Waals surface area contributed by atoms with Crippen molar-refractivity contribution in [2.24, 2.45) is 0 Å². The minimum atomic E-state index is 0.258. The van der Waals surface area contributed by atoms with Gasteiger partial charge in [0.2, 0.25) is 0 Å². The highest BCUT2D eigenvalue weighted by molar-refractivity contribution is 5.70. The zero-order valence-corrected chi connectivity index (χ0v) is 24.2. The SMILES string of the molecule is C(=C\c1ccccc1)/c1ccccc1.C(=C\c1ccccc1)/c1ccccc1.c1ccc([C@H]2O[C@@H]2c2ccccc2)cc1. The lowest BCUT2D eigenvalue weighted by Crippen LogP contribution is -1.82. The third-order valence-electron chi connectivity index (χ3n) is 6.88. The Bertz CT molecular complexity index is 1430. The third-order valence-corrected chi connectivity index (χ3v) is 6.88. The van der Waals surface area contributed by atoms with Gasteiger partial charge >= 0.3 is 0 Å². The second kappa shape index (κ2) is 16.3. The van der Waals surface area contributed by atoms with E-state index < -0.39 is 0 Å². The van der Waals surface area contributed by atoms with Gasteiger partial charge < -0.3 is 4.74 Å². The molecular formula is C42H36O. The maximum atomic E-state index is 5.69. The Morgan fingerprint density at radius 3 is 0.721 bits per heavy atom. The van der Waals surface area contributed by atoms with Crippen LogP contribution in [0.4, 0.5) is 0 Å². The Kier molecular flexibility index (Phi) is 11.1. The van der Waals surface area contributed by atoms with Crippen LogP contribution in [0.15, 0.2) is 182 Å². The lowest BCUT2D eigenvalue weighted by molar-refractivity contribution is 0.377. The molecule has 0 saturated carbocycles. The van der Waals surface area contributed by atoms with Gasteiger partial charge in [-0.3, -0.25) is 0 Å². The van der Waals surface area contributed by atoms with E-state index in [0.717, 1.165) is 0 Å². The molecule has 1 fully saturated rings. The monoisotopic (exact) mass is 556 g/mol. The van der Waals surface area contributed by atoms with E-state index in [1.165, 1.54) is 33.4 Å². The summed E-state index contributed by atoms with van der Waals surface area (Å²) in [6.07, 6.45) is 9.00. The van der Waals surface area contributed by atoms with Crippen molar-refractivity contribution in [3.63, 3.8) is 0 Å². The molecule has 0 bridgehead atoms. The van der Waals surface area contributed by atoms with Crippen LogP contribution in [0.25, 0.3) is 24.3 Å². The van der Waals surface area contributed by atoms with E-state index in [-0.39, 0.29) is 12.2 Å². The van der Waals surface area contributed by atoms with Gasteiger partial charge in [-0.05, 0) is 33.4 Å². The van der Waals surface area contributed by atoms with Crippen molar-refractivity contribution >= 4 is 24.3 Å². The van der Waals surface area contributed by atoms with E-state index in [2.05, 4.69) is 121 Å². The fraction of sp³-hybridized carbons (Fsp3) is 0.0476. The van der Waals surface area contributed by atoms with Crippen molar-refractivity contribution in [3.8, 4) is 0 Å². The molecular weight excluding hydrogens is 520 g/mol. The smallest absolute Gasteiger partial charge is 0.114 e. The average Bonchev–Trinajstić information content (AvgIpc) is 3.91. The predicted octanol–water partition coefficient (Wildman–Crippen LogP) is 11.2. The van der Waals surface area contributed by atoms with E-state index in [1.54, 1.807) is 0 Å². The van der Waals surface area contributed by atoms with Gasteiger partial charge in [0.05, 0.1) is 0 Å². The number of epoxide rings is 1. The molecule has 1 heteroatoms. The normalized spacial score (nSPS) is 15.2. The molecule has 0 spiro atoms. The molecule has 0 aromatic heterocycles. The lowest BCUT2D eigenvalue weighted by Gasteiger charge is -1.95. The van der Waals surface area contributed by atoms with Crippen LogP contribution in [0.1, 0.15) is 45.6 Å². The minimum Gasteiger partial charge on any atom is -0.359 e. The summed E-state index contributed by atoms with van der Waals surface area (Å²) < 4.78 is 5.69. The van der Waals surface area contributed by atoms with Gasteiger partial charge in [-0.25, -0.2) is 0 Å². The van der Waals surface area contributed by atoms with E-state index in [9.17, 15) is 0 Å². The molecule has 6 aromatic rings. The predicted molar refractivity (Wildman–Crippen MR) is 183 cm³/mol. The highest BCUT2D eigenvalue weighted by atomic mass is 16.6. The van der Waals surface area contributed by atoms with Crippen molar-refractivity contribution < 1.29 is 4.74 Å². The van der Waals surface area contributed by atoms with Crippen LogP contribution < -0.4 is 0 Å². The Morgan fingerprint density at radius 1 is 0.279 bits per heavy atom. The zero-order valence-electron chi connectivity index (χ0n) is 24.2. The number of ether oxygens (including phenoxy) is 1. The largest absolute Gasteiger partial charge is 0.359 e. The van der Waals surface area contributed by atoms with Crippen molar-refractivity contribution in [1.82, 2.24) is 0 Å². The molecule has 0 aliphatic carbocycles. The van der Waals surface area contributed by atoms with Gasteiger partial charge in [0.1, 0.15) is 12.2 Å². The van der Waals surface area contributed by atoms with Gasteiger partial charge in [0.15, 0.2) is 0 Å². The summed E-state index contributed by atoms with van der Waals surface area (Å²) in [7, 11) is 0. The van der Waals surface area contributed by atoms with E-state index in [1.807, 2.05) is 84.9 Å². The van der Waals surface area contributed by atoms with Crippen molar-refractivity contribution in [1.29, 1.82) is 0 Å². The van der Waals surface area contributed by atoms with Gasteiger partial charge in [-0.1, -0.05) is 206 Å². The molecule has 0 unspecified atom stereocenters. The molecule has 2 atom stereocenters. The highest BCUT2D eigenvalue weighted by Gasteiger charge is 2.40. The molecule has 0 amide bonds. The van der Waals surface area contributed by atoms with Crippen LogP contribution in [0.5, 0.6) is 0 Å². The molecule has 43 heavy (non-hydrogen) atoms. The fourth-order valence-corrected chi connectivity index (χ4v) is 4.55. The Morgan fingerprint density at radius 2 is 0.488 bits per heavy atom. The molecule has 0 radical (unpaired) electrons.